The molecule has 0 bridgehead atoms. The molecule has 1 atom stereocenters. The zero-order valence-corrected chi connectivity index (χ0v) is 9.94. The second-order valence-electron chi connectivity index (χ2n) is 4.64. The van der Waals surface area contributed by atoms with E-state index in [2.05, 4.69) is 46.2 Å². The smallest absolute Gasteiger partial charge is 0.0276 e. The van der Waals surface area contributed by atoms with Crippen LogP contribution in [-0.4, -0.2) is 12.8 Å². The lowest BCUT2D eigenvalue weighted by atomic mass is 9.78. The molecule has 1 unspecified atom stereocenters. The van der Waals surface area contributed by atoms with Crippen LogP contribution in [-0.2, 0) is 0 Å². The first-order valence-electron chi connectivity index (χ1n) is 4.90. The van der Waals surface area contributed by atoms with Crippen molar-refractivity contribution in [2.24, 2.45) is 16.3 Å². The maximum atomic E-state index is 4.26. The largest absolute Gasteiger partial charge is 0.297 e. The van der Waals surface area contributed by atoms with Crippen molar-refractivity contribution in [2.45, 2.75) is 41.0 Å². The number of hydrogen-bond donors (Lipinski definition) is 0. The second-order valence-corrected chi connectivity index (χ2v) is 4.64. The van der Waals surface area contributed by atoms with Gasteiger partial charge in [-0.05, 0) is 26.2 Å². The molecule has 0 fully saturated rings. The van der Waals surface area contributed by atoms with Crippen molar-refractivity contribution in [3.63, 3.8) is 0 Å². The molecular formula is C12H23N. The van der Waals surface area contributed by atoms with Crippen molar-refractivity contribution in [1.82, 2.24) is 0 Å². The fourth-order valence-electron chi connectivity index (χ4n) is 1.39. The van der Waals surface area contributed by atoms with Crippen LogP contribution in [0.5, 0.6) is 0 Å². The minimum absolute atomic E-state index is 0.202. The summed E-state index contributed by atoms with van der Waals surface area (Å²) < 4.78 is 0. The van der Waals surface area contributed by atoms with Crippen molar-refractivity contribution in [3.05, 3.63) is 12.2 Å². The van der Waals surface area contributed by atoms with E-state index in [-0.39, 0.29) is 5.41 Å². The minimum Gasteiger partial charge on any atom is -0.297 e. The van der Waals surface area contributed by atoms with Gasteiger partial charge in [0, 0.05) is 18.2 Å². The number of rotatable bonds is 4. The van der Waals surface area contributed by atoms with Gasteiger partial charge in [-0.25, -0.2) is 0 Å². The third kappa shape index (κ3) is 3.75. The fourth-order valence-corrected chi connectivity index (χ4v) is 1.39. The lowest BCUT2D eigenvalue weighted by Crippen LogP contribution is -2.24. The first-order valence-corrected chi connectivity index (χ1v) is 4.90. The second kappa shape index (κ2) is 4.59. The summed E-state index contributed by atoms with van der Waals surface area (Å²) in [6.45, 7) is 14.9. The highest BCUT2D eigenvalue weighted by molar-refractivity contribution is 5.87. The molecule has 0 aliphatic carbocycles. The Hall–Kier alpha value is -0.590. The molecule has 0 aromatic carbocycles. The van der Waals surface area contributed by atoms with Gasteiger partial charge in [0.2, 0.25) is 0 Å². The van der Waals surface area contributed by atoms with Gasteiger partial charge in [-0.3, -0.25) is 4.99 Å². The van der Waals surface area contributed by atoms with Crippen LogP contribution in [0.2, 0.25) is 0 Å². The Morgan fingerprint density at radius 3 is 2.15 bits per heavy atom. The Morgan fingerprint density at radius 1 is 1.38 bits per heavy atom. The van der Waals surface area contributed by atoms with Crippen LogP contribution in [0.4, 0.5) is 0 Å². The third-order valence-electron chi connectivity index (χ3n) is 2.97. The fraction of sp³-hybridized carbons (Fsp3) is 0.750. The maximum absolute atomic E-state index is 4.26. The summed E-state index contributed by atoms with van der Waals surface area (Å²) in [5.74, 6) is 0.576. The van der Waals surface area contributed by atoms with Crippen LogP contribution in [0.3, 0.4) is 0 Å². The van der Waals surface area contributed by atoms with Gasteiger partial charge < -0.3 is 0 Å². The molecule has 0 aromatic rings. The highest BCUT2D eigenvalue weighted by atomic mass is 14.7. The summed E-state index contributed by atoms with van der Waals surface area (Å²) in [4.78, 5) is 4.26. The van der Waals surface area contributed by atoms with Crippen molar-refractivity contribution < 1.29 is 0 Å². The Balaban J connectivity index is 4.42. The SMILES string of the molecule is C=C(C)C(C)CC(C)(C)C(C)=NC. The normalized spacial score (nSPS) is 15.7. The lowest BCUT2D eigenvalue weighted by Gasteiger charge is -2.28. The van der Waals surface area contributed by atoms with E-state index in [1.54, 1.807) is 0 Å². The molecule has 0 aliphatic rings. The summed E-state index contributed by atoms with van der Waals surface area (Å²) in [6.07, 6.45) is 1.13. The van der Waals surface area contributed by atoms with E-state index >= 15 is 0 Å². The van der Waals surface area contributed by atoms with Crippen LogP contribution in [0.15, 0.2) is 17.1 Å². The number of aliphatic imine (C=N–C) groups is 1. The van der Waals surface area contributed by atoms with Gasteiger partial charge in [0.25, 0.3) is 0 Å². The van der Waals surface area contributed by atoms with E-state index in [4.69, 9.17) is 0 Å². The van der Waals surface area contributed by atoms with Gasteiger partial charge in [0.15, 0.2) is 0 Å². The molecule has 1 nitrogen and oxygen atoms in total. The molecule has 0 N–H and O–H groups in total. The zero-order chi connectivity index (χ0) is 10.6. The van der Waals surface area contributed by atoms with Gasteiger partial charge >= 0.3 is 0 Å². The first kappa shape index (κ1) is 12.4. The quantitative estimate of drug-likeness (QED) is 0.463. The predicted octanol–water partition coefficient (Wildman–Crippen LogP) is 3.71. The van der Waals surface area contributed by atoms with Crippen molar-refractivity contribution in [3.8, 4) is 0 Å². The summed E-state index contributed by atoms with van der Waals surface area (Å²) >= 11 is 0. The average Bonchev–Trinajstić information content (AvgIpc) is 2.01. The zero-order valence-electron chi connectivity index (χ0n) is 9.94. The van der Waals surface area contributed by atoms with Crippen LogP contribution in [0.1, 0.15) is 41.0 Å². The topological polar surface area (TPSA) is 12.4 Å². The molecule has 0 saturated carbocycles. The lowest BCUT2D eigenvalue weighted by molar-refractivity contribution is 0.405. The Morgan fingerprint density at radius 2 is 1.85 bits per heavy atom. The maximum Gasteiger partial charge on any atom is 0.0276 e. The molecule has 1 heteroatoms. The average molecular weight is 181 g/mol. The molecule has 0 aliphatic heterocycles. The van der Waals surface area contributed by atoms with Crippen molar-refractivity contribution in [1.29, 1.82) is 0 Å². The monoisotopic (exact) mass is 181 g/mol. The number of hydrogen-bond acceptors (Lipinski definition) is 1. The standard InChI is InChI=1S/C12H23N/c1-9(2)10(3)8-12(5,6)11(4)13-7/h10H,1,8H2,2-7H3. The van der Waals surface area contributed by atoms with E-state index in [0.717, 1.165) is 6.42 Å². The molecule has 0 heterocycles. The number of allylic oxidation sites excluding steroid dienone is 1. The Bertz CT molecular complexity index is 211. The van der Waals surface area contributed by atoms with Crippen LogP contribution in [0, 0.1) is 11.3 Å². The van der Waals surface area contributed by atoms with Gasteiger partial charge in [0.05, 0.1) is 0 Å². The van der Waals surface area contributed by atoms with E-state index in [9.17, 15) is 0 Å². The Kier molecular flexibility index (Phi) is 4.38. The van der Waals surface area contributed by atoms with Crippen LogP contribution in [0.25, 0.3) is 0 Å². The molecule has 0 rings (SSSR count). The molecule has 0 radical (unpaired) electrons. The van der Waals surface area contributed by atoms with Gasteiger partial charge in [-0.15, -0.1) is 0 Å². The van der Waals surface area contributed by atoms with E-state index in [1.807, 2.05) is 7.05 Å². The van der Waals surface area contributed by atoms with Gasteiger partial charge in [-0.1, -0.05) is 32.9 Å². The highest BCUT2D eigenvalue weighted by Crippen LogP contribution is 2.29. The third-order valence-corrected chi connectivity index (χ3v) is 2.97. The van der Waals surface area contributed by atoms with Crippen LogP contribution >= 0.6 is 0 Å². The van der Waals surface area contributed by atoms with E-state index < -0.39 is 0 Å². The van der Waals surface area contributed by atoms with Gasteiger partial charge in [0.1, 0.15) is 0 Å². The molecule has 0 amide bonds. The molecule has 13 heavy (non-hydrogen) atoms. The summed E-state index contributed by atoms with van der Waals surface area (Å²) in [5.41, 5.74) is 2.69. The van der Waals surface area contributed by atoms with Crippen molar-refractivity contribution in [2.75, 3.05) is 7.05 Å². The molecular weight excluding hydrogens is 158 g/mol. The highest BCUT2D eigenvalue weighted by Gasteiger charge is 2.23. The first-order chi connectivity index (χ1) is 5.81. The van der Waals surface area contributed by atoms with E-state index in [0.29, 0.717) is 5.92 Å². The molecule has 76 valence electrons. The molecule has 0 aromatic heterocycles. The van der Waals surface area contributed by atoms with Crippen LogP contribution < -0.4 is 0 Å². The van der Waals surface area contributed by atoms with Crippen molar-refractivity contribution >= 4 is 5.71 Å². The molecule has 0 saturated heterocycles. The Labute approximate surface area is 83.0 Å². The number of nitrogens with zero attached hydrogens (tertiary/aromatic N) is 1. The predicted molar refractivity (Wildman–Crippen MR) is 61.4 cm³/mol. The van der Waals surface area contributed by atoms with E-state index in [1.165, 1.54) is 11.3 Å². The summed E-state index contributed by atoms with van der Waals surface area (Å²) in [7, 11) is 1.86. The minimum atomic E-state index is 0.202. The van der Waals surface area contributed by atoms with Gasteiger partial charge in [-0.2, -0.15) is 0 Å². The summed E-state index contributed by atoms with van der Waals surface area (Å²) in [6, 6.07) is 0. The molecule has 0 spiro atoms. The summed E-state index contributed by atoms with van der Waals surface area (Å²) in [5, 5.41) is 0.